The lowest BCUT2D eigenvalue weighted by Crippen LogP contribution is -2.16. The van der Waals surface area contributed by atoms with Gasteiger partial charge >= 0.3 is 5.97 Å². The van der Waals surface area contributed by atoms with Crippen molar-refractivity contribution in [3.8, 4) is 0 Å². The lowest BCUT2D eigenvalue weighted by molar-refractivity contribution is -0.145. The first kappa shape index (κ1) is 24.8. The second-order valence-electron chi connectivity index (χ2n) is 5.22. The molecule has 9 heteroatoms. The standard InChI is InChI=1S/C17H30O8S/c1-3-15(17(20)26-13-12-24-14-18)4-5-16(19)25-11-10-23-9-8-22-7-6-21-2/h14-15H,3-13H2,1-2H3/t15-/m0/s1. The SMILES string of the molecule is CC[C@@H](CCC(=O)OCCOCCOCCOC)C(=O)SCCOC=O. The topological polar surface area (TPSA) is 97.4 Å². The van der Waals surface area contributed by atoms with Crippen LogP contribution >= 0.6 is 11.8 Å². The summed E-state index contributed by atoms with van der Waals surface area (Å²) in [4.78, 5) is 33.7. The van der Waals surface area contributed by atoms with Crippen molar-refractivity contribution in [1.82, 2.24) is 0 Å². The Bertz CT molecular complexity index is 378. The molecule has 1 atom stereocenters. The minimum atomic E-state index is -0.342. The van der Waals surface area contributed by atoms with Crippen molar-refractivity contribution in [3.63, 3.8) is 0 Å². The van der Waals surface area contributed by atoms with Gasteiger partial charge in [0.2, 0.25) is 0 Å². The molecule has 0 aliphatic rings. The normalized spacial score (nSPS) is 11.8. The molecular formula is C17H30O8S. The van der Waals surface area contributed by atoms with Gasteiger partial charge in [0.1, 0.15) is 13.2 Å². The smallest absolute Gasteiger partial charge is 0.305 e. The molecule has 0 saturated carbocycles. The number of esters is 1. The monoisotopic (exact) mass is 394 g/mol. The van der Waals surface area contributed by atoms with Crippen molar-refractivity contribution in [2.75, 3.05) is 59.1 Å². The van der Waals surface area contributed by atoms with Crippen LogP contribution in [0.2, 0.25) is 0 Å². The maximum Gasteiger partial charge on any atom is 0.305 e. The summed E-state index contributed by atoms with van der Waals surface area (Å²) >= 11 is 1.12. The fourth-order valence-corrected chi connectivity index (χ4v) is 2.79. The number of methoxy groups -OCH3 is 1. The number of carbonyl (C=O) groups excluding carboxylic acids is 3. The highest BCUT2D eigenvalue weighted by molar-refractivity contribution is 8.13. The van der Waals surface area contributed by atoms with Crippen LogP contribution in [0.4, 0.5) is 0 Å². The Hall–Kier alpha value is -1.16. The summed E-state index contributed by atoms with van der Waals surface area (Å²) in [6.45, 7) is 4.91. The van der Waals surface area contributed by atoms with Gasteiger partial charge in [-0.1, -0.05) is 18.7 Å². The summed E-state index contributed by atoms with van der Waals surface area (Å²) in [5.41, 5.74) is 0. The Morgan fingerprint density at radius 2 is 1.65 bits per heavy atom. The van der Waals surface area contributed by atoms with Crippen LogP contribution in [0.3, 0.4) is 0 Å². The van der Waals surface area contributed by atoms with E-state index in [-0.39, 0.29) is 36.6 Å². The van der Waals surface area contributed by atoms with Gasteiger partial charge in [-0.25, -0.2) is 0 Å². The van der Waals surface area contributed by atoms with Crippen molar-refractivity contribution in [1.29, 1.82) is 0 Å². The van der Waals surface area contributed by atoms with Crippen molar-refractivity contribution in [2.45, 2.75) is 26.2 Å². The van der Waals surface area contributed by atoms with Crippen LogP contribution < -0.4 is 0 Å². The first-order valence-corrected chi connectivity index (χ1v) is 9.66. The van der Waals surface area contributed by atoms with Crippen LogP contribution in [0, 0.1) is 5.92 Å². The minimum Gasteiger partial charge on any atom is -0.467 e. The molecule has 0 heterocycles. The molecule has 0 amide bonds. The van der Waals surface area contributed by atoms with Crippen molar-refractivity contribution >= 4 is 29.3 Å². The third kappa shape index (κ3) is 15.1. The van der Waals surface area contributed by atoms with Crippen LogP contribution in [-0.2, 0) is 38.1 Å². The molecule has 0 radical (unpaired) electrons. The highest BCUT2D eigenvalue weighted by Crippen LogP contribution is 2.19. The van der Waals surface area contributed by atoms with Gasteiger partial charge in [-0.05, 0) is 12.8 Å². The molecule has 152 valence electrons. The summed E-state index contributed by atoms with van der Waals surface area (Å²) < 4.78 is 25.0. The van der Waals surface area contributed by atoms with E-state index in [0.717, 1.165) is 11.8 Å². The first-order chi connectivity index (χ1) is 12.7. The third-order valence-electron chi connectivity index (χ3n) is 3.33. The molecular weight excluding hydrogens is 364 g/mol. The van der Waals surface area contributed by atoms with Crippen LogP contribution in [0.15, 0.2) is 0 Å². The number of rotatable bonds is 18. The van der Waals surface area contributed by atoms with Crippen molar-refractivity contribution < 1.29 is 38.1 Å². The predicted molar refractivity (Wildman–Crippen MR) is 97.0 cm³/mol. The van der Waals surface area contributed by atoms with Gasteiger partial charge in [0.05, 0.1) is 33.0 Å². The maximum absolute atomic E-state index is 12.0. The molecule has 26 heavy (non-hydrogen) atoms. The number of hydrogen-bond acceptors (Lipinski definition) is 9. The molecule has 0 bridgehead atoms. The number of thioether (sulfide) groups is 1. The molecule has 0 rings (SSSR count). The summed E-state index contributed by atoms with van der Waals surface area (Å²) in [6, 6.07) is 0. The Labute approximate surface area is 159 Å². The lowest BCUT2D eigenvalue weighted by Gasteiger charge is -2.12. The fraction of sp³-hybridized carbons (Fsp3) is 0.824. The molecule has 0 unspecified atom stereocenters. The summed E-state index contributed by atoms with van der Waals surface area (Å²) in [5, 5.41) is 0.00612. The van der Waals surface area contributed by atoms with Crippen molar-refractivity contribution in [3.05, 3.63) is 0 Å². The van der Waals surface area contributed by atoms with Gasteiger partial charge in [-0.3, -0.25) is 14.4 Å². The van der Waals surface area contributed by atoms with Gasteiger partial charge in [0.25, 0.3) is 6.47 Å². The highest BCUT2D eigenvalue weighted by Gasteiger charge is 2.18. The van der Waals surface area contributed by atoms with E-state index in [9.17, 15) is 14.4 Å². The van der Waals surface area contributed by atoms with Crippen molar-refractivity contribution in [2.24, 2.45) is 5.92 Å². The summed E-state index contributed by atoms with van der Waals surface area (Å²) in [7, 11) is 1.61. The average Bonchev–Trinajstić information content (AvgIpc) is 2.64. The molecule has 0 aromatic carbocycles. The lowest BCUT2D eigenvalue weighted by atomic mass is 10.0. The molecule has 0 aromatic heterocycles. The first-order valence-electron chi connectivity index (χ1n) is 8.67. The Morgan fingerprint density at radius 3 is 2.27 bits per heavy atom. The molecule has 0 aliphatic carbocycles. The van der Waals surface area contributed by atoms with Gasteiger partial charge < -0.3 is 23.7 Å². The zero-order valence-electron chi connectivity index (χ0n) is 15.6. The molecule has 8 nitrogen and oxygen atoms in total. The van der Waals surface area contributed by atoms with Gasteiger partial charge in [-0.2, -0.15) is 0 Å². The molecule has 0 saturated heterocycles. The maximum atomic E-state index is 12.0. The van der Waals surface area contributed by atoms with E-state index in [2.05, 4.69) is 4.74 Å². The van der Waals surface area contributed by atoms with E-state index < -0.39 is 0 Å². The molecule has 0 aliphatic heterocycles. The van der Waals surface area contributed by atoms with Crippen LogP contribution in [0.1, 0.15) is 26.2 Å². The van der Waals surface area contributed by atoms with E-state index in [0.29, 0.717) is 58.1 Å². The molecule has 0 aromatic rings. The largest absolute Gasteiger partial charge is 0.467 e. The van der Waals surface area contributed by atoms with Gasteiger partial charge in [-0.15, -0.1) is 0 Å². The van der Waals surface area contributed by atoms with E-state index in [1.54, 1.807) is 7.11 Å². The zero-order valence-corrected chi connectivity index (χ0v) is 16.4. The second kappa shape index (κ2) is 18.6. The summed E-state index contributed by atoms with van der Waals surface area (Å²) in [6.07, 6.45) is 1.29. The summed E-state index contributed by atoms with van der Waals surface area (Å²) in [5.74, 6) is -0.125. The minimum absolute atomic E-state index is 0.00612. The number of ether oxygens (including phenoxy) is 5. The molecule has 0 spiro atoms. The second-order valence-corrected chi connectivity index (χ2v) is 6.32. The van der Waals surface area contributed by atoms with Crippen LogP contribution in [-0.4, -0.2) is 76.7 Å². The van der Waals surface area contributed by atoms with E-state index in [1.165, 1.54) is 0 Å². The molecule has 0 fully saturated rings. The fourth-order valence-electron chi connectivity index (χ4n) is 1.89. The quantitative estimate of drug-likeness (QED) is 0.194. The van der Waals surface area contributed by atoms with E-state index in [1.807, 2.05) is 6.92 Å². The van der Waals surface area contributed by atoms with E-state index >= 15 is 0 Å². The van der Waals surface area contributed by atoms with E-state index in [4.69, 9.17) is 18.9 Å². The number of hydrogen-bond donors (Lipinski definition) is 0. The predicted octanol–water partition coefficient (Wildman–Crippen LogP) is 1.45. The average molecular weight is 394 g/mol. The Kier molecular flexibility index (Phi) is 17.8. The van der Waals surface area contributed by atoms with Crippen LogP contribution in [0.5, 0.6) is 0 Å². The zero-order chi connectivity index (χ0) is 19.5. The van der Waals surface area contributed by atoms with Crippen LogP contribution in [0.25, 0.3) is 0 Å². The highest BCUT2D eigenvalue weighted by atomic mass is 32.2. The van der Waals surface area contributed by atoms with Gasteiger partial charge in [0, 0.05) is 25.2 Å². The Balaban J connectivity index is 3.65. The Morgan fingerprint density at radius 1 is 1.00 bits per heavy atom. The number of carbonyl (C=O) groups is 3. The van der Waals surface area contributed by atoms with Gasteiger partial charge in [0.15, 0.2) is 5.12 Å². The molecule has 0 N–H and O–H groups in total. The third-order valence-corrected chi connectivity index (χ3v) is 4.32.